The Morgan fingerprint density at radius 1 is 1.20 bits per heavy atom. The lowest BCUT2D eigenvalue weighted by Crippen LogP contribution is -2.54. The summed E-state index contributed by atoms with van der Waals surface area (Å²) < 4.78 is 12.8. The number of aromatic nitrogens is 2. The van der Waals surface area contributed by atoms with Gasteiger partial charge in [0.15, 0.2) is 5.69 Å². The second kappa shape index (κ2) is 6.88. The molecule has 132 valence electrons. The van der Waals surface area contributed by atoms with Crippen LogP contribution in [0.3, 0.4) is 0 Å². The number of carbonyl (C=O) groups excluding carboxylic acids is 1. The Morgan fingerprint density at radius 2 is 2.00 bits per heavy atom. The molecule has 6 heteroatoms. The quantitative estimate of drug-likeness (QED) is 0.861. The monoisotopic (exact) mass is 341 g/mol. The summed E-state index contributed by atoms with van der Waals surface area (Å²) in [5.41, 5.74) is 1.39. The highest BCUT2D eigenvalue weighted by atomic mass is 16.5. The highest BCUT2D eigenvalue weighted by Crippen LogP contribution is 2.29. The van der Waals surface area contributed by atoms with Gasteiger partial charge in [-0.05, 0) is 43.2 Å². The predicted octanol–water partition coefficient (Wildman–Crippen LogP) is 2.66. The molecule has 2 heterocycles. The molecular weight excluding hydrogens is 318 g/mol. The molecule has 2 atom stereocenters. The summed E-state index contributed by atoms with van der Waals surface area (Å²) in [5, 5.41) is 4.49. The van der Waals surface area contributed by atoms with E-state index >= 15 is 0 Å². The Kier molecular flexibility index (Phi) is 4.44. The maximum atomic E-state index is 13.0. The first-order valence-electron chi connectivity index (χ1n) is 8.89. The summed E-state index contributed by atoms with van der Waals surface area (Å²) in [6.07, 6.45) is 6.44. The SMILES string of the molecule is COc1ccc(-n2ccc(C(=O)N3CCO[C@@H]4CCCC[C@H]43)n2)cc1. The van der Waals surface area contributed by atoms with Gasteiger partial charge in [-0.2, -0.15) is 5.10 Å². The number of nitrogens with zero attached hydrogens (tertiary/aromatic N) is 3. The second-order valence-electron chi connectivity index (χ2n) is 6.60. The van der Waals surface area contributed by atoms with Crippen molar-refractivity contribution in [3.8, 4) is 11.4 Å². The molecule has 0 N–H and O–H groups in total. The Morgan fingerprint density at radius 3 is 2.80 bits per heavy atom. The van der Waals surface area contributed by atoms with E-state index in [1.807, 2.05) is 35.4 Å². The molecule has 1 saturated carbocycles. The highest BCUT2D eigenvalue weighted by molar-refractivity contribution is 5.92. The predicted molar refractivity (Wildman–Crippen MR) is 93.1 cm³/mol. The average molecular weight is 341 g/mol. The second-order valence-corrected chi connectivity index (χ2v) is 6.60. The van der Waals surface area contributed by atoms with E-state index in [0.717, 1.165) is 30.7 Å². The molecule has 4 rings (SSSR count). The smallest absolute Gasteiger partial charge is 0.274 e. The molecule has 0 bridgehead atoms. The molecule has 6 nitrogen and oxygen atoms in total. The van der Waals surface area contributed by atoms with Crippen LogP contribution in [-0.4, -0.2) is 53.0 Å². The van der Waals surface area contributed by atoms with Crippen LogP contribution in [0.15, 0.2) is 36.5 Å². The van der Waals surface area contributed by atoms with Crippen molar-refractivity contribution in [1.82, 2.24) is 14.7 Å². The van der Waals surface area contributed by atoms with E-state index in [4.69, 9.17) is 9.47 Å². The lowest BCUT2D eigenvalue weighted by Gasteiger charge is -2.43. The third-order valence-corrected chi connectivity index (χ3v) is 5.14. The largest absolute Gasteiger partial charge is 0.497 e. The number of carbonyl (C=O) groups is 1. The number of hydrogen-bond donors (Lipinski definition) is 0. The zero-order chi connectivity index (χ0) is 17.2. The van der Waals surface area contributed by atoms with Crippen molar-refractivity contribution < 1.29 is 14.3 Å². The molecule has 2 aliphatic rings. The van der Waals surface area contributed by atoms with Crippen LogP contribution >= 0.6 is 0 Å². The topological polar surface area (TPSA) is 56.6 Å². The molecule has 2 fully saturated rings. The lowest BCUT2D eigenvalue weighted by molar-refractivity contribution is -0.0754. The van der Waals surface area contributed by atoms with Crippen LogP contribution in [-0.2, 0) is 4.74 Å². The number of rotatable bonds is 3. The Labute approximate surface area is 147 Å². The standard InChI is InChI=1S/C19H23N3O3/c1-24-15-8-6-14(7-9-15)22-11-10-16(20-22)19(23)21-12-13-25-18-5-3-2-4-17(18)21/h6-11,17-18H,2-5,12-13H2,1H3/t17-,18-/m1/s1. The average Bonchev–Trinajstić information content (AvgIpc) is 3.17. The first kappa shape index (κ1) is 16.1. The van der Waals surface area contributed by atoms with Crippen LogP contribution < -0.4 is 4.74 Å². The fraction of sp³-hybridized carbons (Fsp3) is 0.474. The van der Waals surface area contributed by atoms with Gasteiger partial charge >= 0.3 is 0 Å². The molecule has 1 aromatic carbocycles. The Bertz CT molecular complexity index is 739. The zero-order valence-corrected chi connectivity index (χ0v) is 14.4. The van der Waals surface area contributed by atoms with Gasteiger partial charge in [-0.25, -0.2) is 4.68 Å². The third-order valence-electron chi connectivity index (χ3n) is 5.14. The lowest BCUT2D eigenvalue weighted by atomic mass is 9.90. The van der Waals surface area contributed by atoms with Gasteiger partial charge in [0.2, 0.25) is 0 Å². The van der Waals surface area contributed by atoms with Crippen LogP contribution in [0.25, 0.3) is 5.69 Å². The molecule has 25 heavy (non-hydrogen) atoms. The fourth-order valence-corrected chi connectivity index (χ4v) is 3.81. The van der Waals surface area contributed by atoms with Gasteiger partial charge in [-0.15, -0.1) is 0 Å². The summed E-state index contributed by atoms with van der Waals surface area (Å²) in [5.74, 6) is 0.802. The van der Waals surface area contributed by atoms with Gasteiger partial charge in [0.25, 0.3) is 5.91 Å². The number of fused-ring (bicyclic) bond motifs is 1. The Hall–Kier alpha value is -2.34. The van der Waals surface area contributed by atoms with Gasteiger partial charge in [-0.1, -0.05) is 12.8 Å². The van der Waals surface area contributed by atoms with Gasteiger partial charge in [-0.3, -0.25) is 4.79 Å². The number of morpholine rings is 1. The fourth-order valence-electron chi connectivity index (χ4n) is 3.81. The first-order valence-corrected chi connectivity index (χ1v) is 8.89. The van der Waals surface area contributed by atoms with E-state index in [-0.39, 0.29) is 18.1 Å². The van der Waals surface area contributed by atoms with Crippen LogP contribution in [0.4, 0.5) is 0 Å². The van der Waals surface area contributed by atoms with Gasteiger partial charge < -0.3 is 14.4 Å². The first-order chi connectivity index (χ1) is 12.3. The number of ether oxygens (including phenoxy) is 2. The van der Waals surface area contributed by atoms with Crippen molar-refractivity contribution in [2.75, 3.05) is 20.3 Å². The third kappa shape index (κ3) is 3.14. The molecule has 2 aromatic rings. The summed E-state index contributed by atoms with van der Waals surface area (Å²) in [6, 6.07) is 9.60. The van der Waals surface area contributed by atoms with E-state index in [2.05, 4.69) is 5.10 Å². The number of hydrogen-bond acceptors (Lipinski definition) is 4. The summed E-state index contributed by atoms with van der Waals surface area (Å²) in [7, 11) is 1.64. The molecule has 0 unspecified atom stereocenters. The van der Waals surface area contributed by atoms with E-state index in [9.17, 15) is 4.79 Å². The van der Waals surface area contributed by atoms with Crippen molar-refractivity contribution in [2.24, 2.45) is 0 Å². The zero-order valence-electron chi connectivity index (χ0n) is 14.4. The molecule has 1 aromatic heterocycles. The summed E-state index contributed by atoms with van der Waals surface area (Å²) in [4.78, 5) is 14.9. The molecule has 1 aliphatic carbocycles. The van der Waals surface area contributed by atoms with Crippen molar-refractivity contribution in [1.29, 1.82) is 0 Å². The molecule has 0 radical (unpaired) electrons. The molecule has 1 aliphatic heterocycles. The van der Waals surface area contributed by atoms with E-state index in [1.165, 1.54) is 6.42 Å². The van der Waals surface area contributed by atoms with Gasteiger partial charge in [0.05, 0.1) is 31.5 Å². The van der Waals surface area contributed by atoms with Crippen molar-refractivity contribution in [2.45, 2.75) is 37.8 Å². The maximum absolute atomic E-state index is 13.0. The van der Waals surface area contributed by atoms with E-state index in [0.29, 0.717) is 18.8 Å². The van der Waals surface area contributed by atoms with Crippen molar-refractivity contribution >= 4 is 5.91 Å². The Balaban J connectivity index is 1.53. The van der Waals surface area contributed by atoms with Crippen LogP contribution in [0.5, 0.6) is 5.75 Å². The van der Waals surface area contributed by atoms with Gasteiger partial charge in [0, 0.05) is 12.7 Å². The summed E-state index contributed by atoms with van der Waals surface area (Å²) in [6.45, 7) is 1.27. The van der Waals surface area contributed by atoms with Crippen LogP contribution in [0.1, 0.15) is 36.2 Å². The summed E-state index contributed by atoms with van der Waals surface area (Å²) >= 11 is 0. The van der Waals surface area contributed by atoms with Crippen molar-refractivity contribution in [3.05, 3.63) is 42.2 Å². The van der Waals surface area contributed by atoms with Crippen molar-refractivity contribution in [3.63, 3.8) is 0 Å². The highest BCUT2D eigenvalue weighted by Gasteiger charge is 2.37. The van der Waals surface area contributed by atoms with Crippen LogP contribution in [0, 0.1) is 0 Å². The molecule has 0 spiro atoms. The maximum Gasteiger partial charge on any atom is 0.274 e. The number of benzene rings is 1. The molecule has 1 amide bonds. The minimum Gasteiger partial charge on any atom is -0.497 e. The van der Waals surface area contributed by atoms with E-state index < -0.39 is 0 Å². The normalized spacial score (nSPS) is 23.2. The van der Waals surface area contributed by atoms with E-state index in [1.54, 1.807) is 17.9 Å². The minimum absolute atomic E-state index is 0.00691. The van der Waals surface area contributed by atoms with Crippen LogP contribution in [0.2, 0.25) is 0 Å². The molecular formula is C19H23N3O3. The van der Waals surface area contributed by atoms with Gasteiger partial charge in [0.1, 0.15) is 5.75 Å². The number of amides is 1. The number of methoxy groups -OCH3 is 1. The molecule has 1 saturated heterocycles. The minimum atomic E-state index is 0.00691.